The van der Waals surface area contributed by atoms with Crippen molar-refractivity contribution in [2.45, 2.75) is 69.9 Å². The molecule has 2 fully saturated rings. The van der Waals surface area contributed by atoms with Crippen LogP contribution in [0.1, 0.15) is 61.2 Å². The molecule has 1 atom stereocenters. The first-order chi connectivity index (χ1) is 15.3. The Hall–Kier alpha value is -2.61. The van der Waals surface area contributed by atoms with Crippen LogP contribution in [0, 0.1) is 12.7 Å². The second kappa shape index (κ2) is 9.10. The van der Waals surface area contributed by atoms with Crippen molar-refractivity contribution in [1.82, 2.24) is 14.8 Å². The first-order valence-corrected chi connectivity index (χ1v) is 12.0. The normalized spacial score (nSPS) is 21.9. The summed E-state index contributed by atoms with van der Waals surface area (Å²) in [5.41, 5.74) is -0.618. The van der Waals surface area contributed by atoms with Gasteiger partial charge in [-0.15, -0.1) is 11.3 Å². The standard InChI is InChI=1S/C24H28FN3O3S/c1-16-26-17(15-32-16)14-27(2)21(29)12-24(19-10-6-7-11-20(19)25)13-22(30)28(23(24)31)18-8-4-3-5-9-18/h6-7,10-11,15,18H,3-5,8-9,12-14H2,1-2H3. The molecule has 3 amide bonds. The van der Waals surface area contributed by atoms with Crippen molar-refractivity contribution in [1.29, 1.82) is 0 Å². The highest BCUT2D eigenvalue weighted by Crippen LogP contribution is 2.43. The Morgan fingerprint density at radius 3 is 2.62 bits per heavy atom. The fraction of sp³-hybridized carbons (Fsp3) is 0.500. The number of rotatable bonds is 6. The molecule has 170 valence electrons. The molecule has 1 aliphatic heterocycles. The Bertz CT molecular complexity index is 1030. The molecule has 32 heavy (non-hydrogen) atoms. The van der Waals surface area contributed by atoms with Crippen LogP contribution in [-0.4, -0.2) is 45.6 Å². The fourth-order valence-corrected chi connectivity index (χ4v) is 5.57. The molecule has 1 unspecified atom stereocenters. The Balaban J connectivity index is 1.65. The molecule has 1 aromatic carbocycles. The molecule has 1 aliphatic carbocycles. The number of aromatic nitrogens is 1. The lowest BCUT2D eigenvalue weighted by Crippen LogP contribution is -2.47. The van der Waals surface area contributed by atoms with Gasteiger partial charge in [-0.05, 0) is 25.8 Å². The van der Waals surface area contributed by atoms with E-state index in [1.54, 1.807) is 19.2 Å². The molecule has 0 spiro atoms. The lowest BCUT2D eigenvalue weighted by atomic mass is 9.75. The highest BCUT2D eigenvalue weighted by Gasteiger charge is 2.56. The number of halogens is 1. The van der Waals surface area contributed by atoms with Crippen LogP contribution in [0.15, 0.2) is 29.6 Å². The number of thiazole rings is 1. The Morgan fingerprint density at radius 2 is 1.97 bits per heavy atom. The lowest BCUT2D eigenvalue weighted by molar-refractivity contribution is -0.145. The van der Waals surface area contributed by atoms with E-state index in [1.165, 1.54) is 33.3 Å². The monoisotopic (exact) mass is 457 g/mol. The van der Waals surface area contributed by atoms with E-state index in [1.807, 2.05) is 12.3 Å². The van der Waals surface area contributed by atoms with Crippen LogP contribution >= 0.6 is 11.3 Å². The molecule has 2 aliphatic rings. The number of amides is 3. The number of aryl methyl sites for hydroxylation is 1. The SMILES string of the molecule is Cc1nc(CN(C)C(=O)CC2(c3ccccc3F)CC(=O)N(C3CCCCC3)C2=O)cs1. The molecule has 1 aromatic heterocycles. The van der Waals surface area contributed by atoms with Gasteiger partial charge < -0.3 is 4.90 Å². The first kappa shape index (κ1) is 22.6. The van der Waals surface area contributed by atoms with E-state index in [4.69, 9.17) is 0 Å². The van der Waals surface area contributed by atoms with Crippen molar-refractivity contribution >= 4 is 29.1 Å². The van der Waals surface area contributed by atoms with Crippen molar-refractivity contribution in [2.75, 3.05) is 7.05 Å². The third-order valence-electron chi connectivity index (χ3n) is 6.62. The Labute approximate surface area is 191 Å². The summed E-state index contributed by atoms with van der Waals surface area (Å²) in [5.74, 6) is -1.63. The number of likely N-dealkylation sites (tertiary alicyclic amines) is 1. The average molecular weight is 458 g/mol. The van der Waals surface area contributed by atoms with Gasteiger partial charge in [-0.1, -0.05) is 37.5 Å². The minimum atomic E-state index is -1.51. The van der Waals surface area contributed by atoms with Crippen molar-refractivity contribution < 1.29 is 18.8 Å². The largest absolute Gasteiger partial charge is 0.340 e. The Kier molecular flexibility index (Phi) is 6.42. The van der Waals surface area contributed by atoms with Gasteiger partial charge in [0, 0.05) is 36.9 Å². The van der Waals surface area contributed by atoms with Crippen LogP contribution in [0.25, 0.3) is 0 Å². The van der Waals surface area contributed by atoms with Crippen molar-refractivity contribution in [3.63, 3.8) is 0 Å². The number of benzene rings is 1. The number of carbonyl (C=O) groups is 3. The number of hydrogen-bond donors (Lipinski definition) is 0. The van der Waals surface area contributed by atoms with Gasteiger partial charge >= 0.3 is 0 Å². The van der Waals surface area contributed by atoms with E-state index in [9.17, 15) is 18.8 Å². The van der Waals surface area contributed by atoms with Gasteiger partial charge in [-0.25, -0.2) is 9.37 Å². The van der Waals surface area contributed by atoms with Crippen LogP contribution in [0.4, 0.5) is 4.39 Å². The zero-order valence-corrected chi connectivity index (χ0v) is 19.3. The second-order valence-corrected chi connectivity index (χ2v) is 9.95. The minimum Gasteiger partial charge on any atom is -0.340 e. The third kappa shape index (κ3) is 4.20. The van der Waals surface area contributed by atoms with Gasteiger partial charge in [-0.2, -0.15) is 0 Å². The molecule has 1 saturated heterocycles. The maximum atomic E-state index is 14.9. The maximum Gasteiger partial charge on any atom is 0.241 e. The molecule has 6 nitrogen and oxygen atoms in total. The predicted octanol–water partition coefficient (Wildman–Crippen LogP) is 3.97. The van der Waals surface area contributed by atoms with E-state index in [2.05, 4.69) is 4.98 Å². The van der Waals surface area contributed by atoms with Crippen LogP contribution in [-0.2, 0) is 26.3 Å². The average Bonchev–Trinajstić information content (AvgIpc) is 3.29. The zero-order valence-electron chi connectivity index (χ0n) is 18.5. The molecule has 0 radical (unpaired) electrons. The van der Waals surface area contributed by atoms with Gasteiger partial charge in [0.25, 0.3) is 0 Å². The van der Waals surface area contributed by atoms with Gasteiger partial charge in [0.15, 0.2) is 0 Å². The lowest BCUT2D eigenvalue weighted by Gasteiger charge is -2.33. The predicted molar refractivity (Wildman–Crippen MR) is 119 cm³/mol. The smallest absolute Gasteiger partial charge is 0.241 e. The molecule has 1 saturated carbocycles. The van der Waals surface area contributed by atoms with Gasteiger partial charge in [0.05, 0.1) is 22.7 Å². The van der Waals surface area contributed by atoms with Crippen LogP contribution in [0.2, 0.25) is 0 Å². The summed E-state index contributed by atoms with van der Waals surface area (Å²) in [4.78, 5) is 47.3. The summed E-state index contributed by atoms with van der Waals surface area (Å²) >= 11 is 1.50. The topological polar surface area (TPSA) is 70.6 Å². The zero-order chi connectivity index (χ0) is 22.9. The molecule has 2 heterocycles. The maximum absolute atomic E-state index is 14.9. The minimum absolute atomic E-state index is 0.128. The van der Waals surface area contributed by atoms with E-state index < -0.39 is 17.1 Å². The van der Waals surface area contributed by atoms with E-state index in [-0.39, 0.29) is 36.3 Å². The fourth-order valence-electron chi connectivity index (χ4n) is 4.97. The highest BCUT2D eigenvalue weighted by atomic mass is 32.1. The molecular formula is C24H28FN3O3S. The third-order valence-corrected chi connectivity index (χ3v) is 7.45. The summed E-state index contributed by atoms with van der Waals surface area (Å²) in [6.45, 7) is 2.19. The summed E-state index contributed by atoms with van der Waals surface area (Å²) in [5, 5.41) is 2.80. The van der Waals surface area contributed by atoms with Crippen LogP contribution in [0.5, 0.6) is 0 Å². The number of hydrogen-bond acceptors (Lipinski definition) is 5. The molecule has 0 bridgehead atoms. The summed E-state index contributed by atoms with van der Waals surface area (Å²) in [6.07, 6.45) is 4.11. The van der Waals surface area contributed by atoms with Gasteiger partial charge in [0.2, 0.25) is 17.7 Å². The molecular weight excluding hydrogens is 429 g/mol. The number of nitrogens with zero attached hydrogens (tertiary/aromatic N) is 3. The van der Waals surface area contributed by atoms with E-state index in [0.29, 0.717) is 6.54 Å². The number of carbonyl (C=O) groups excluding carboxylic acids is 3. The Morgan fingerprint density at radius 1 is 1.25 bits per heavy atom. The first-order valence-electron chi connectivity index (χ1n) is 11.1. The molecule has 0 N–H and O–H groups in total. The molecule has 8 heteroatoms. The summed E-state index contributed by atoms with van der Waals surface area (Å²) < 4.78 is 14.9. The van der Waals surface area contributed by atoms with Crippen LogP contribution in [0.3, 0.4) is 0 Å². The van der Waals surface area contributed by atoms with E-state index >= 15 is 0 Å². The van der Waals surface area contributed by atoms with Crippen molar-refractivity contribution in [3.8, 4) is 0 Å². The quantitative estimate of drug-likeness (QED) is 0.616. The van der Waals surface area contributed by atoms with Crippen molar-refractivity contribution in [3.05, 3.63) is 51.7 Å². The highest BCUT2D eigenvalue weighted by molar-refractivity contribution is 7.09. The molecule has 2 aromatic rings. The molecule has 4 rings (SSSR count). The van der Waals surface area contributed by atoms with Crippen molar-refractivity contribution in [2.24, 2.45) is 0 Å². The van der Waals surface area contributed by atoms with Crippen LogP contribution < -0.4 is 0 Å². The van der Waals surface area contributed by atoms with Gasteiger partial charge in [0.1, 0.15) is 5.82 Å². The van der Waals surface area contributed by atoms with Gasteiger partial charge in [-0.3, -0.25) is 19.3 Å². The second-order valence-electron chi connectivity index (χ2n) is 8.88. The summed E-state index contributed by atoms with van der Waals surface area (Å²) in [6, 6.07) is 5.84. The number of imide groups is 1. The van der Waals surface area contributed by atoms with E-state index in [0.717, 1.165) is 42.8 Å². The summed E-state index contributed by atoms with van der Waals surface area (Å²) in [7, 11) is 1.65.